The molecule has 0 aliphatic rings. The molecule has 66 valence electrons. The zero-order valence-electron chi connectivity index (χ0n) is 7.34. The molecule has 3 nitrogen and oxygen atoms in total. The SMILES string of the molecule is CC(C)(C)Oc1ncc(F)cn1. The van der Waals surface area contributed by atoms with Crippen LogP contribution in [0.3, 0.4) is 0 Å². The number of halogens is 1. The molecular formula is C8H11FN2O. The molecule has 0 saturated carbocycles. The summed E-state index contributed by atoms with van der Waals surface area (Å²) in [6.07, 6.45) is 2.15. The first-order valence-corrected chi connectivity index (χ1v) is 3.64. The van der Waals surface area contributed by atoms with Crippen LogP contribution in [0.2, 0.25) is 0 Å². The van der Waals surface area contributed by atoms with Gasteiger partial charge in [0.1, 0.15) is 5.60 Å². The summed E-state index contributed by atoms with van der Waals surface area (Å²) in [6, 6.07) is 0.198. The minimum absolute atomic E-state index is 0.198. The maximum absolute atomic E-state index is 12.3. The first-order chi connectivity index (χ1) is 5.47. The van der Waals surface area contributed by atoms with E-state index < -0.39 is 5.82 Å². The fraction of sp³-hybridized carbons (Fsp3) is 0.500. The molecule has 0 spiro atoms. The van der Waals surface area contributed by atoms with Gasteiger partial charge in [-0.25, -0.2) is 14.4 Å². The predicted molar refractivity (Wildman–Crippen MR) is 42.4 cm³/mol. The largest absolute Gasteiger partial charge is 0.458 e. The van der Waals surface area contributed by atoms with Gasteiger partial charge < -0.3 is 4.74 Å². The van der Waals surface area contributed by atoms with E-state index in [4.69, 9.17) is 4.74 Å². The van der Waals surface area contributed by atoms with Crippen molar-refractivity contribution >= 4 is 0 Å². The molecule has 1 heterocycles. The van der Waals surface area contributed by atoms with E-state index in [0.717, 1.165) is 12.4 Å². The molecule has 4 heteroatoms. The van der Waals surface area contributed by atoms with Gasteiger partial charge in [-0.15, -0.1) is 0 Å². The lowest BCUT2D eigenvalue weighted by Crippen LogP contribution is -2.24. The molecule has 0 amide bonds. The summed E-state index contributed by atoms with van der Waals surface area (Å²) in [4.78, 5) is 7.31. The van der Waals surface area contributed by atoms with Gasteiger partial charge in [-0.2, -0.15) is 0 Å². The summed E-state index contributed by atoms with van der Waals surface area (Å²) in [5.41, 5.74) is -0.349. The van der Waals surface area contributed by atoms with E-state index in [0.29, 0.717) is 0 Å². The van der Waals surface area contributed by atoms with Crippen molar-refractivity contribution in [1.82, 2.24) is 9.97 Å². The second-order valence-electron chi connectivity index (χ2n) is 3.40. The third-order valence-electron chi connectivity index (χ3n) is 0.994. The maximum Gasteiger partial charge on any atom is 0.317 e. The molecule has 0 aliphatic carbocycles. The van der Waals surface area contributed by atoms with E-state index in [1.807, 2.05) is 20.8 Å². The van der Waals surface area contributed by atoms with E-state index in [1.165, 1.54) is 0 Å². The Balaban J connectivity index is 2.71. The Labute approximate surface area is 70.6 Å². The van der Waals surface area contributed by atoms with Gasteiger partial charge in [0, 0.05) is 0 Å². The van der Waals surface area contributed by atoms with Gasteiger partial charge >= 0.3 is 6.01 Å². The molecule has 1 aromatic rings. The average Bonchev–Trinajstić information content (AvgIpc) is 1.91. The summed E-state index contributed by atoms with van der Waals surface area (Å²) in [7, 11) is 0. The third-order valence-corrected chi connectivity index (χ3v) is 0.994. The highest BCUT2D eigenvalue weighted by Crippen LogP contribution is 2.11. The Morgan fingerprint density at radius 3 is 2.17 bits per heavy atom. The topological polar surface area (TPSA) is 35.0 Å². The van der Waals surface area contributed by atoms with E-state index in [9.17, 15) is 4.39 Å². The lowest BCUT2D eigenvalue weighted by molar-refractivity contribution is 0.116. The molecule has 0 N–H and O–H groups in total. The maximum atomic E-state index is 12.3. The van der Waals surface area contributed by atoms with Crippen molar-refractivity contribution in [3.05, 3.63) is 18.2 Å². The zero-order chi connectivity index (χ0) is 9.19. The molecule has 0 fully saturated rings. The fourth-order valence-corrected chi connectivity index (χ4v) is 0.627. The van der Waals surface area contributed by atoms with Gasteiger partial charge in [-0.3, -0.25) is 0 Å². The van der Waals surface area contributed by atoms with E-state index >= 15 is 0 Å². The Hall–Kier alpha value is -1.19. The molecule has 0 aromatic carbocycles. The Morgan fingerprint density at radius 2 is 1.75 bits per heavy atom. The average molecular weight is 170 g/mol. The monoisotopic (exact) mass is 170 g/mol. The second-order valence-corrected chi connectivity index (χ2v) is 3.40. The summed E-state index contributed by atoms with van der Waals surface area (Å²) < 4.78 is 17.6. The molecule has 1 rings (SSSR count). The first-order valence-electron chi connectivity index (χ1n) is 3.64. The fourth-order valence-electron chi connectivity index (χ4n) is 0.627. The predicted octanol–water partition coefficient (Wildman–Crippen LogP) is 1.79. The summed E-state index contributed by atoms with van der Waals surface area (Å²) in [5, 5.41) is 0. The normalized spacial score (nSPS) is 11.3. The highest BCUT2D eigenvalue weighted by atomic mass is 19.1. The molecule has 12 heavy (non-hydrogen) atoms. The summed E-state index contributed by atoms with van der Waals surface area (Å²) in [5.74, 6) is -0.462. The summed E-state index contributed by atoms with van der Waals surface area (Å²) in [6.45, 7) is 5.62. The van der Waals surface area contributed by atoms with E-state index in [-0.39, 0.29) is 11.6 Å². The van der Waals surface area contributed by atoms with Gasteiger partial charge in [-0.05, 0) is 20.8 Å². The van der Waals surface area contributed by atoms with E-state index in [1.54, 1.807) is 0 Å². The molecule has 0 saturated heterocycles. The lowest BCUT2D eigenvalue weighted by atomic mass is 10.2. The van der Waals surface area contributed by atoms with Crippen molar-refractivity contribution in [3.8, 4) is 6.01 Å². The minimum Gasteiger partial charge on any atom is -0.458 e. The van der Waals surface area contributed by atoms with Crippen molar-refractivity contribution in [2.75, 3.05) is 0 Å². The molecule has 0 aliphatic heterocycles. The van der Waals surface area contributed by atoms with Crippen LogP contribution in [0.4, 0.5) is 4.39 Å². The summed E-state index contributed by atoms with van der Waals surface area (Å²) >= 11 is 0. The van der Waals surface area contributed by atoms with Crippen LogP contribution >= 0.6 is 0 Å². The molecule has 1 aromatic heterocycles. The smallest absolute Gasteiger partial charge is 0.317 e. The zero-order valence-corrected chi connectivity index (χ0v) is 7.34. The van der Waals surface area contributed by atoms with Gasteiger partial charge in [0.05, 0.1) is 12.4 Å². The number of ether oxygens (including phenoxy) is 1. The molecule has 0 bridgehead atoms. The Bertz CT molecular complexity index is 253. The van der Waals surface area contributed by atoms with Crippen molar-refractivity contribution < 1.29 is 9.13 Å². The quantitative estimate of drug-likeness (QED) is 0.644. The van der Waals surface area contributed by atoms with Crippen LogP contribution in [0.15, 0.2) is 12.4 Å². The number of rotatable bonds is 1. The molecule has 0 atom stereocenters. The molecular weight excluding hydrogens is 159 g/mol. The van der Waals surface area contributed by atoms with Crippen LogP contribution in [0.5, 0.6) is 6.01 Å². The van der Waals surface area contributed by atoms with Crippen molar-refractivity contribution in [2.45, 2.75) is 26.4 Å². The van der Waals surface area contributed by atoms with Gasteiger partial charge in [0.2, 0.25) is 0 Å². The third kappa shape index (κ3) is 2.82. The lowest BCUT2D eigenvalue weighted by Gasteiger charge is -2.18. The van der Waals surface area contributed by atoms with Crippen molar-refractivity contribution in [1.29, 1.82) is 0 Å². The van der Waals surface area contributed by atoms with Crippen LogP contribution < -0.4 is 4.74 Å². The van der Waals surface area contributed by atoms with Crippen molar-refractivity contribution in [3.63, 3.8) is 0 Å². The second kappa shape index (κ2) is 3.05. The number of hydrogen-bond acceptors (Lipinski definition) is 3. The van der Waals surface area contributed by atoms with Crippen LogP contribution in [0.1, 0.15) is 20.8 Å². The van der Waals surface area contributed by atoms with Crippen molar-refractivity contribution in [2.24, 2.45) is 0 Å². The van der Waals surface area contributed by atoms with Crippen LogP contribution in [0.25, 0.3) is 0 Å². The Morgan fingerprint density at radius 1 is 1.25 bits per heavy atom. The van der Waals surface area contributed by atoms with E-state index in [2.05, 4.69) is 9.97 Å². The van der Waals surface area contributed by atoms with Gasteiger partial charge in [0.15, 0.2) is 5.82 Å². The van der Waals surface area contributed by atoms with Crippen LogP contribution in [-0.2, 0) is 0 Å². The van der Waals surface area contributed by atoms with Crippen LogP contribution in [-0.4, -0.2) is 15.6 Å². The number of aromatic nitrogens is 2. The standard InChI is InChI=1S/C8H11FN2O/c1-8(2,3)12-7-10-4-6(9)5-11-7/h4-5H,1-3H3. The first kappa shape index (κ1) is 8.90. The highest BCUT2D eigenvalue weighted by molar-refractivity contribution is 4.97. The Kier molecular flexibility index (Phi) is 2.26. The van der Waals surface area contributed by atoms with Gasteiger partial charge in [0.25, 0.3) is 0 Å². The molecule has 0 unspecified atom stereocenters. The minimum atomic E-state index is -0.462. The molecule has 0 radical (unpaired) electrons. The highest BCUT2D eigenvalue weighted by Gasteiger charge is 2.13. The number of nitrogens with zero attached hydrogens (tertiary/aromatic N) is 2. The van der Waals surface area contributed by atoms with Gasteiger partial charge in [-0.1, -0.05) is 0 Å². The number of hydrogen-bond donors (Lipinski definition) is 0. The van der Waals surface area contributed by atoms with Crippen LogP contribution in [0, 0.1) is 5.82 Å².